The zero-order valence-electron chi connectivity index (χ0n) is 14.3. The third-order valence-corrected chi connectivity index (χ3v) is 5.53. The van der Waals surface area contributed by atoms with E-state index in [1.807, 2.05) is 41.3 Å². The number of benzene rings is 2. The first kappa shape index (κ1) is 16.7. The first-order valence-electron chi connectivity index (χ1n) is 8.58. The summed E-state index contributed by atoms with van der Waals surface area (Å²) >= 11 is 1.38. The first-order valence-corrected chi connectivity index (χ1v) is 9.56. The molecule has 0 fully saturated rings. The number of nitrogens with zero attached hydrogens (tertiary/aromatic N) is 3. The summed E-state index contributed by atoms with van der Waals surface area (Å²) in [6.45, 7) is 1.45. The molecule has 26 heavy (non-hydrogen) atoms. The molecule has 1 amide bonds. The third-order valence-electron chi connectivity index (χ3n) is 4.58. The van der Waals surface area contributed by atoms with Gasteiger partial charge in [-0.2, -0.15) is 0 Å². The van der Waals surface area contributed by atoms with Crippen molar-refractivity contribution in [2.75, 3.05) is 18.1 Å². The molecule has 0 bridgehead atoms. The average molecular weight is 364 g/mol. The topological polar surface area (TPSA) is 64.2 Å². The van der Waals surface area contributed by atoms with Gasteiger partial charge in [-0.15, -0.1) is 0 Å². The van der Waals surface area contributed by atoms with Gasteiger partial charge in [0, 0.05) is 18.7 Å². The van der Waals surface area contributed by atoms with Crippen LogP contribution >= 0.6 is 11.8 Å². The van der Waals surface area contributed by atoms with Gasteiger partial charge in [0.25, 0.3) is 0 Å². The van der Waals surface area contributed by atoms with E-state index >= 15 is 0 Å². The fourth-order valence-electron chi connectivity index (χ4n) is 3.16. The Hall–Kier alpha value is -2.73. The summed E-state index contributed by atoms with van der Waals surface area (Å²) in [6.07, 6.45) is 2.70. The van der Waals surface area contributed by atoms with Crippen molar-refractivity contribution in [1.29, 1.82) is 0 Å². The van der Waals surface area contributed by atoms with Crippen LogP contribution in [0.4, 0.5) is 0 Å². The lowest BCUT2D eigenvalue weighted by atomic mass is 10.00. The largest absolute Gasteiger partial charge is 0.337 e. The lowest BCUT2D eigenvalue weighted by molar-refractivity contribution is -0.129. The minimum atomic E-state index is 0.119. The van der Waals surface area contributed by atoms with E-state index in [4.69, 9.17) is 5.84 Å². The fourth-order valence-corrected chi connectivity index (χ4v) is 3.96. The van der Waals surface area contributed by atoms with E-state index in [0.717, 1.165) is 24.2 Å². The monoisotopic (exact) mass is 364 g/mol. The summed E-state index contributed by atoms with van der Waals surface area (Å²) < 4.78 is 1.49. The maximum atomic E-state index is 12.6. The fraction of sp³-hybridized carbons (Fsp3) is 0.200. The van der Waals surface area contributed by atoms with Crippen LogP contribution in [0.5, 0.6) is 0 Å². The van der Waals surface area contributed by atoms with Crippen molar-refractivity contribution in [3.05, 3.63) is 71.9 Å². The molecule has 2 aromatic carbocycles. The Morgan fingerprint density at radius 2 is 1.81 bits per heavy atom. The number of carbonyl (C=O) groups excluding carboxylic acids is 1. The highest BCUT2D eigenvalue weighted by atomic mass is 32.2. The van der Waals surface area contributed by atoms with Gasteiger partial charge in [-0.25, -0.2) is 9.66 Å². The van der Waals surface area contributed by atoms with Crippen molar-refractivity contribution in [3.63, 3.8) is 0 Å². The van der Waals surface area contributed by atoms with Crippen molar-refractivity contribution in [3.8, 4) is 11.3 Å². The predicted molar refractivity (Wildman–Crippen MR) is 104 cm³/mol. The van der Waals surface area contributed by atoms with Crippen LogP contribution in [-0.4, -0.2) is 32.8 Å². The van der Waals surface area contributed by atoms with Gasteiger partial charge in [0.1, 0.15) is 0 Å². The number of carbonyl (C=O) groups is 1. The first-order chi connectivity index (χ1) is 12.7. The van der Waals surface area contributed by atoms with Crippen molar-refractivity contribution >= 4 is 17.7 Å². The summed E-state index contributed by atoms with van der Waals surface area (Å²) in [5, 5.41) is 0.648. The molecule has 0 saturated carbocycles. The molecule has 5 nitrogen and oxygen atoms in total. The number of rotatable bonds is 4. The number of nitrogens with two attached hydrogens (primary N) is 1. The normalized spacial score (nSPS) is 13.5. The van der Waals surface area contributed by atoms with E-state index in [-0.39, 0.29) is 5.91 Å². The molecule has 3 aromatic rings. The maximum Gasteiger partial charge on any atom is 0.233 e. The highest BCUT2D eigenvalue weighted by Gasteiger charge is 2.21. The molecule has 0 aliphatic carbocycles. The summed E-state index contributed by atoms with van der Waals surface area (Å²) in [4.78, 5) is 19.1. The van der Waals surface area contributed by atoms with E-state index in [0.29, 0.717) is 17.5 Å². The number of hydrogen-bond acceptors (Lipinski definition) is 4. The second-order valence-electron chi connectivity index (χ2n) is 6.30. The molecule has 2 N–H and O–H groups in total. The van der Waals surface area contributed by atoms with E-state index in [1.54, 1.807) is 6.20 Å². The predicted octanol–water partition coefficient (Wildman–Crippen LogP) is 2.94. The van der Waals surface area contributed by atoms with Gasteiger partial charge in [-0.1, -0.05) is 66.4 Å². The van der Waals surface area contributed by atoms with Crippen LogP contribution in [0.25, 0.3) is 11.3 Å². The molecule has 0 radical (unpaired) electrons. The van der Waals surface area contributed by atoms with Crippen molar-refractivity contribution in [2.45, 2.75) is 18.1 Å². The molecule has 2 heterocycles. The zero-order chi connectivity index (χ0) is 17.9. The molecule has 0 atom stereocenters. The smallest absolute Gasteiger partial charge is 0.233 e. The number of nitrogen functional groups attached to an aromatic ring is 1. The van der Waals surface area contributed by atoms with E-state index in [9.17, 15) is 4.79 Å². The van der Waals surface area contributed by atoms with Crippen molar-refractivity contribution in [2.24, 2.45) is 0 Å². The van der Waals surface area contributed by atoms with Gasteiger partial charge >= 0.3 is 0 Å². The number of amides is 1. The minimum absolute atomic E-state index is 0.119. The Morgan fingerprint density at radius 3 is 2.62 bits per heavy atom. The Kier molecular flexibility index (Phi) is 4.67. The van der Waals surface area contributed by atoms with Gasteiger partial charge in [-0.05, 0) is 17.5 Å². The van der Waals surface area contributed by atoms with Gasteiger partial charge in [0.15, 0.2) is 5.16 Å². The van der Waals surface area contributed by atoms with Gasteiger partial charge in [0.2, 0.25) is 5.91 Å². The molecule has 0 spiro atoms. The zero-order valence-corrected chi connectivity index (χ0v) is 15.2. The van der Waals surface area contributed by atoms with Crippen LogP contribution in [0.3, 0.4) is 0 Å². The Labute approximate surface area is 156 Å². The molecule has 132 valence electrons. The quantitative estimate of drug-likeness (QED) is 0.571. The van der Waals surface area contributed by atoms with Crippen molar-refractivity contribution in [1.82, 2.24) is 14.6 Å². The van der Waals surface area contributed by atoms with Gasteiger partial charge in [-0.3, -0.25) is 4.79 Å². The van der Waals surface area contributed by atoms with Crippen LogP contribution in [0.15, 0.2) is 66.0 Å². The second-order valence-corrected chi connectivity index (χ2v) is 7.25. The number of fused-ring (bicyclic) bond motifs is 1. The average Bonchev–Trinajstić information content (AvgIpc) is 3.07. The molecule has 1 aliphatic rings. The van der Waals surface area contributed by atoms with Crippen LogP contribution in [-0.2, 0) is 17.8 Å². The number of imidazole rings is 1. The minimum Gasteiger partial charge on any atom is -0.337 e. The number of hydrogen-bond donors (Lipinski definition) is 1. The van der Waals surface area contributed by atoms with Gasteiger partial charge in [0.05, 0.1) is 17.6 Å². The van der Waals surface area contributed by atoms with Gasteiger partial charge < -0.3 is 10.7 Å². The molecule has 4 rings (SSSR count). The molecule has 1 aromatic heterocycles. The summed E-state index contributed by atoms with van der Waals surface area (Å²) in [6, 6.07) is 18.2. The molecular weight excluding hydrogens is 344 g/mol. The lowest BCUT2D eigenvalue weighted by Gasteiger charge is -2.28. The van der Waals surface area contributed by atoms with Crippen LogP contribution in [0.2, 0.25) is 0 Å². The highest BCUT2D eigenvalue weighted by molar-refractivity contribution is 7.99. The van der Waals surface area contributed by atoms with E-state index < -0.39 is 0 Å². The Morgan fingerprint density at radius 1 is 1.08 bits per heavy atom. The molecular formula is C20H20N4OS. The second kappa shape index (κ2) is 7.25. The van der Waals surface area contributed by atoms with Crippen molar-refractivity contribution < 1.29 is 4.79 Å². The highest BCUT2D eigenvalue weighted by Crippen LogP contribution is 2.24. The van der Waals surface area contributed by atoms with Crippen LogP contribution < -0.4 is 5.84 Å². The Bertz CT molecular complexity index is 923. The summed E-state index contributed by atoms with van der Waals surface area (Å²) in [5.41, 5.74) is 4.41. The number of aromatic nitrogens is 2. The lowest BCUT2D eigenvalue weighted by Crippen LogP contribution is -2.37. The molecule has 0 unspecified atom stereocenters. The standard InChI is InChI=1S/C20H20N4OS/c21-24-13-18(16-7-2-1-3-8-16)22-20(24)26-14-19(25)23-11-10-15-6-4-5-9-17(15)12-23/h1-9,13H,10-12,14,21H2. The summed E-state index contributed by atoms with van der Waals surface area (Å²) in [5.74, 6) is 6.47. The van der Waals surface area contributed by atoms with Crippen LogP contribution in [0.1, 0.15) is 11.1 Å². The third kappa shape index (κ3) is 3.46. The van der Waals surface area contributed by atoms with E-state index in [1.165, 1.54) is 27.6 Å². The SMILES string of the molecule is Nn1cc(-c2ccccc2)nc1SCC(=O)N1CCc2ccccc2C1. The molecule has 0 saturated heterocycles. The molecule has 6 heteroatoms. The number of thioether (sulfide) groups is 1. The maximum absolute atomic E-state index is 12.6. The summed E-state index contributed by atoms with van der Waals surface area (Å²) in [7, 11) is 0. The Balaban J connectivity index is 1.40. The van der Waals surface area contributed by atoms with E-state index in [2.05, 4.69) is 23.2 Å². The van der Waals surface area contributed by atoms with Crippen LogP contribution in [0, 0.1) is 0 Å². The molecule has 1 aliphatic heterocycles.